The van der Waals surface area contributed by atoms with Crippen molar-refractivity contribution in [2.45, 2.75) is 13.0 Å². The Morgan fingerprint density at radius 1 is 1.23 bits per heavy atom. The fourth-order valence-electron chi connectivity index (χ4n) is 3.63. The average Bonchev–Trinajstić information content (AvgIpc) is 3.44. The number of aliphatic hydroxyl groups excluding tert-OH is 1. The summed E-state index contributed by atoms with van der Waals surface area (Å²) < 4.78 is 5.47. The van der Waals surface area contributed by atoms with Gasteiger partial charge in [0.05, 0.1) is 11.6 Å². The highest BCUT2D eigenvalue weighted by molar-refractivity contribution is 7.22. The molecule has 0 saturated heterocycles. The number of hydrogen-bond acceptors (Lipinski definition) is 8. The number of ketones is 1. The van der Waals surface area contributed by atoms with E-state index in [0.29, 0.717) is 32.5 Å². The van der Waals surface area contributed by atoms with Crippen LogP contribution in [0.2, 0.25) is 0 Å². The number of fused-ring (bicyclic) bond motifs is 1. The van der Waals surface area contributed by atoms with Gasteiger partial charge in [-0.1, -0.05) is 23.5 Å². The second-order valence-electron chi connectivity index (χ2n) is 7.07. The van der Waals surface area contributed by atoms with E-state index in [-0.39, 0.29) is 11.3 Å². The molecule has 1 aliphatic heterocycles. The topological polar surface area (TPSA) is 123 Å². The van der Waals surface area contributed by atoms with Crippen LogP contribution in [0.3, 0.4) is 0 Å². The lowest BCUT2D eigenvalue weighted by atomic mass is 9.95. The highest BCUT2D eigenvalue weighted by Gasteiger charge is 2.46. The largest absolute Gasteiger partial charge is 0.503 e. The number of aromatic nitrogens is 2. The third-order valence-corrected chi connectivity index (χ3v) is 5.98. The number of amides is 1. The molecule has 0 saturated carbocycles. The molecule has 0 bridgehead atoms. The second kappa shape index (κ2) is 7.06. The van der Waals surface area contributed by atoms with Gasteiger partial charge in [0.25, 0.3) is 5.91 Å². The van der Waals surface area contributed by atoms with Crippen LogP contribution in [-0.2, 0) is 4.79 Å². The Morgan fingerprint density at radius 2 is 2.06 bits per heavy atom. The van der Waals surface area contributed by atoms with E-state index in [9.17, 15) is 14.7 Å². The van der Waals surface area contributed by atoms with Crippen molar-refractivity contribution in [2.75, 3.05) is 10.6 Å². The number of thiazole rings is 1. The zero-order valence-electron chi connectivity index (χ0n) is 16.3. The van der Waals surface area contributed by atoms with Gasteiger partial charge in [0, 0.05) is 11.9 Å². The number of nitrogens with two attached hydrogens (primary N) is 1. The maximum absolute atomic E-state index is 13.3. The van der Waals surface area contributed by atoms with Gasteiger partial charge in [-0.3, -0.25) is 14.5 Å². The fraction of sp³-hybridized carbons (Fsp3) is 0.0909. The maximum Gasteiger partial charge on any atom is 0.296 e. The van der Waals surface area contributed by atoms with Crippen LogP contribution < -0.4 is 10.6 Å². The van der Waals surface area contributed by atoms with E-state index in [1.54, 1.807) is 55.6 Å². The minimum absolute atomic E-state index is 0.0357. The minimum Gasteiger partial charge on any atom is -0.503 e. The molecule has 1 aliphatic rings. The summed E-state index contributed by atoms with van der Waals surface area (Å²) in [6, 6.07) is 12.6. The van der Waals surface area contributed by atoms with Crippen LogP contribution in [0.1, 0.15) is 27.9 Å². The molecular formula is C22H16N4O4S. The van der Waals surface area contributed by atoms with Gasteiger partial charge in [-0.05, 0) is 48.9 Å². The van der Waals surface area contributed by atoms with Crippen LogP contribution in [0.15, 0.2) is 70.5 Å². The van der Waals surface area contributed by atoms with E-state index in [1.165, 1.54) is 22.3 Å². The highest BCUT2D eigenvalue weighted by Crippen LogP contribution is 2.44. The Bertz CT molecular complexity index is 1350. The number of Topliss-reactive ketones (excluding diaryl/α,β-unsaturated/α-hetero) is 1. The Balaban J connectivity index is 1.69. The number of rotatable bonds is 4. The van der Waals surface area contributed by atoms with Gasteiger partial charge < -0.3 is 15.3 Å². The van der Waals surface area contributed by atoms with Crippen molar-refractivity contribution in [1.29, 1.82) is 0 Å². The number of benzene rings is 1. The summed E-state index contributed by atoms with van der Waals surface area (Å²) in [7, 11) is 0. The molecule has 1 aromatic carbocycles. The molecule has 0 fully saturated rings. The zero-order valence-corrected chi connectivity index (χ0v) is 17.1. The lowest BCUT2D eigenvalue weighted by Crippen LogP contribution is -2.31. The first-order valence-corrected chi connectivity index (χ1v) is 10.2. The number of anilines is 2. The average molecular weight is 432 g/mol. The molecule has 1 amide bonds. The van der Waals surface area contributed by atoms with E-state index >= 15 is 0 Å². The molecule has 5 rings (SSSR count). The predicted molar refractivity (Wildman–Crippen MR) is 116 cm³/mol. The molecule has 0 aliphatic carbocycles. The monoisotopic (exact) mass is 432 g/mol. The molecular weight excluding hydrogens is 416 g/mol. The summed E-state index contributed by atoms with van der Waals surface area (Å²) >= 11 is 1.20. The van der Waals surface area contributed by atoms with Crippen LogP contribution >= 0.6 is 11.3 Å². The van der Waals surface area contributed by atoms with Gasteiger partial charge in [-0.2, -0.15) is 0 Å². The number of pyridine rings is 1. The molecule has 0 radical (unpaired) electrons. The third-order valence-electron chi connectivity index (χ3n) is 5.00. The molecule has 4 aromatic rings. The molecule has 3 N–H and O–H groups in total. The van der Waals surface area contributed by atoms with Crippen molar-refractivity contribution in [1.82, 2.24) is 9.97 Å². The first kappa shape index (κ1) is 19.0. The van der Waals surface area contributed by atoms with Crippen molar-refractivity contribution in [3.63, 3.8) is 0 Å². The van der Waals surface area contributed by atoms with Gasteiger partial charge in [0.2, 0.25) is 5.78 Å². The lowest BCUT2D eigenvalue weighted by molar-refractivity contribution is -0.117. The zero-order chi connectivity index (χ0) is 21.7. The van der Waals surface area contributed by atoms with Gasteiger partial charge in [-0.15, -0.1) is 0 Å². The number of aryl methyl sites for hydroxylation is 1. The van der Waals surface area contributed by atoms with E-state index in [4.69, 9.17) is 10.2 Å². The molecule has 8 nitrogen and oxygen atoms in total. The SMILES string of the molecule is Cc1ccc(C(=O)C2=C(O)C(=O)N(c3nc4cccnc4s3)C2c2cccc(N)c2)o1. The minimum atomic E-state index is -0.922. The summed E-state index contributed by atoms with van der Waals surface area (Å²) in [4.78, 5) is 37.2. The summed E-state index contributed by atoms with van der Waals surface area (Å²) in [6.07, 6.45) is 1.63. The van der Waals surface area contributed by atoms with E-state index in [1.807, 2.05) is 0 Å². The quantitative estimate of drug-likeness (QED) is 0.370. The standard InChI is InChI=1S/C22H16N4O4S/c1-11-7-8-15(30-11)18(27)16-17(12-4-2-5-13(23)10-12)26(21(29)19(16)28)22-25-14-6-3-9-24-20(14)31-22/h2-10,17,28H,23H2,1H3. The summed E-state index contributed by atoms with van der Waals surface area (Å²) in [5.74, 6) is -1.36. The number of carbonyl (C=O) groups excluding carboxylic acids is 2. The van der Waals surface area contributed by atoms with Crippen LogP contribution in [0.5, 0.6) is 0 Å². The molecule has 31 heavy (non-hydrogen) atoms. The van der Waals surface area contributed by atoms with Crippen molar-refractivity contribution in [2.24, 2.45) is 0 Å². The van der Waals surface area contributed by atoms with Crippen LogP contribution in [-0.4, -0.2) is 26.8 Å². The maximum atomic E-state index is 13.3. The van der Waals surface area contributed by atoms with Crippen molar-refractivity contribution < 1.29 is 19.1 Å². The number of aliphatic hydroxyl groups is 1. The van der Waals surface area contributed by atoms with E-state index in [2.05, 4.69) is 9.97 Å². The summed E-state index contributed by atoms with van der Waals surface area (Å²) in [5.41, 5.74) is 7.52. The van der Waals surface area contributed by atoms with Crippen LogP contribution in [0.4, 0.5) is 10.8 Å². The van der Waals surface area contributed by atoms with Gasteiger partial charge in [0.15, 0.2) is 16.7 Å². The molecule has 0 spiro atoms. The Morgan fingerprint density at radius 3 is 2.77 bits per heavy atom. The first-order valence-electron chi connectivity index (χ1n) is 9.39. The van der Waals surface area contributed by atoms with Crippen LogP contribution in [0.25, 0.3) is 10.3 Å². The molecule has 3 aromatic heterocycles. The van der Waals surface area contributed by atoms with Crippen molar-refractivity contribution >= 4 is 44.2 Å². The summed E-state index contributed by atoms with van der Waals surface area (Å²) in [6.45, 7) is 1.71. The van der Waals surface area contributed by atoms with Gasteiger partial charge in [-0.25, -0.2) is 9.97 Å². The molecule has 1 atom stereocenters. The smallest absolute Gasteiger partial charge is 0.296 e. The predicted octanol–water partition coefficient (Wildman–Crippen LogP) is 3.96. The Labute approximate surface area is 180 Å². The Kier molecular flexibility index (Phi) is 4.33. The third kappa shape index (κ3) is 3.06. The molecule has 9 heteroatoms. The molecule has 4 heterocycles. The second-order valence-corrected chi connectivity index (χ2v) is 8.03. The molecule has 154 valence electrons. The first-order chi connectivity index (χ1) is 14.9. The number of hydrogen-bond donors (Lipinski definition) is 2. The van der Waals surface area contributed by atoms with Crippen molar-refractivity contribution in [3.05, 3.63) is 83.1 Å². The highest BCUT2D eigenvalue weighted by atomic mass is 32.1. The summed E-state index contributed by atoms with van der Waals surface area (Å²) in [5, 5.41) is 11.1. The lowest BCUT2D eigenvalue weighted by Gasteiger charge is -2.24. The molecule has 1 unspecified atom stereocenters. The number of nitrogen functional groups attached to an aromatic ring is 1. The van der Waals surface area contributed by atoms with Gasteiger partial charge >= 0.3 is 0 Å². The van der Waals surface area contributed by atoms with E-state index in [0.717, 1.165) is 0 Å². The number of nitrogens with zero attached hydrogens (tertiary/aromatic N) is 3. The van der Waals surface area contributed by atoms with Crippen molar-refractivity contribution in [3.8, 4) is 0 Å². The number of furan rings is 1. The van der Waals surface area contributed by atoms with Crippen LogP contribution in [0, 0.1) is 6.92 Å². The van der Waals surface area contributed by atoms with Gasteiger partial charge in [0.1, 0.15) is 16.1 Å². The Hall–Kier alpha value is -3.98. The number of carbonyl (C=O) groups is 2. The normalized spacial score (nSPS) is 16.5. The van der Waals surface area contributed by atoms with E-state index < -0.39 is 23.5 Å². The fourth-order valence-corrected chi connectivity index (χ4v) is 4.57.